The Balaban J connectivity index is 1.74. The summed E-state index contributed by atoms with van der Waals surface area (Å²) >= 11 is 0. The lowest BCUT2D eigenvalue weighted by Gasteiger charge is -2.26. The fourth-order valence-electron chi connectivity index (χ4n) is 3.70. The molecule has 0 bridgehead atoms. The van der Waals surface area contributed by atoms with Gasteiger partial charge in [-0.1, -0.05) is 6.07 Å². The molecule has 0 unspecified atom stereocenters. The average Bonchev–Trinajstić information content (AvgIpc) is 2.70. The number of phenols is 3. The van der Waals surface area contributed by atoms with Crippen LogP contribution >= 0.6 is 0 Å². The average molecular weight is 428 g/mol. The summed E-state index contributed by atoms with van der Waals surface area (Å²) < 4.78 is 5.84. The molecule has 4 rings (SSSR count). The predicted octanol–water partition coefficient (Wildman–Crippen LogP) is 6.99. The molecule has 3 N–H and O–H groups in total. The van der Waals surface area contributed by atoms with E-state index in [4.69, 9.17) is 4.74 Å². The van der Waals surface area contributed by atoms with E-state index < -0.39 is 0 Å². The molecular weight excluding hydrogens is 402 g/mol. The summed E-state index contributed by atoms with van der Waals surface area (Å²) in [5, 5.41) is 30.5. The first-order chi connectivity index (χ1) is 15.3. The van der Waals surface area contributed by atoms with E-state index in [1.807, 2.05) is 68.1 Å². The van der Waals surface area contributed by atoms with E-state index in [0.717, 1.165) is 33.8 Å². The van der Waals surface area contributed by atoms with Gasteiger partial charge >= 0.3 is 0 Å². The Labute approximate surface area is 187 Å². The molecule has 4 aromatic rings. The second-order valence-electron chi connectivity index (χ2n) is 7.96. The summed E-state index contributed by atoms with van der Waals surface area (Å²) in [4.78, 5) is 1.95. The van der Waals surface area contributed by atoms with Crippen molar-refractivity contribution in [2.75, 3.05) is 4.90 Å². The number of anilines is 3. The maximum atomic E-state index is 10.2. The lowest BCUT2D eigenvalue weighted by atomic mass is 10.1. The van der Waals surface area contributed by atoms with Crippen LogP contribution in [0.15, 0.2) is 78.9 Å². The van der Waals surface area contributed by atoms with E-state index in [-0.39, 0.29) is 17.2 Å². The molecule has 0 radical (unpaired) electrons. The topological polar surface area (TPSA) is 73.2 Å². The van der Waals surface area contributed by atoms with Gasteiger partial charge < -0.3 is 25.0 Å². The summed E-state index contributed by atoms with van der Waals surface area (Å²) in [6.45, 7) is 5.74. The van der Waals surface area contributed by atoms with Crippen LogP contribution in [0.4, 0.5) is 17.1 Å². The molecule has 0 atom stereocenters. The molecule has 4 aromatic carbocycles. The van der Waals surface area contributed by atoms with Crippen LogP contribution < -0.4 is 9.64 Å². The fraction of sp³-hybridized carbons (Fsp3) is 0.111. The molecule has 0 aliphatic carbocycles. The maximum Gasteiger partial charge on any atom is 0.169 e. The zero-order valence-electron chi connectivity index (χ0n) is 18.2. The van der Waals surface area contributed by atoms with Crippen molar-refractivity contribution in [1.82, 2.24) is 0 Å². The Morgan fingerprint density at radius 1 is 0.562 bits per heavy atom. The molecule has 0 fully saturated rings. The Bertz CT molecular complexity index is 1170. The molecule has 0 aliphatic heterocycles. The summed E-state index contributed by atoms with van der Waals surface area (Å²) in [6, 6.07) is 23.3. The molecular formula is C27H25NO4. The van der Waals surface area contributed by atoms with Crippen LogP contribution in [0.5, 0.6) is 28.7 Å². The molecule has 32 heavy (non-hydrogen) atoms. The third-order valence-corrected chi connectivity index (χ3v) is 5.05. The second-order valence-corrected chi connectivity index (χ2v) is 7.96. The van der Waals surface area contributed by atoms with Crippen molar-refractivity contribution in [2.24, 2.45) is 0 Å². The number of nitrogens with zero attached hydrogens (tertiary/aromatic N) is 1. The molecule has 0 aromatic heterocycles. The SMILES string of the molecule is Cc1cc(O)cc(N(c2ccc(Oc3ccc(C)cc3O)cc2)c2cc(C)cc(O)c2)c1. The van der Waals surface area contributed by atoms with Crippen molar-refractivity contribution in [3.8, 4) is 28.7 Å². The smallest absolute Gasteiger partial charge is 0.169 e. The number of benzene rings is 4. The third kappa shape index (κ3) is 4.62. The first-order valence-corrected chi connectivity index (χ1v) is 10.3. The van der Waals surface area contributed by atoms with Crippen LogP contribution in [0.3, 0.4) is 0 Å². The summed E-state index contributed by atoms with van der Waals surface area (Å²) in [5.74, 6) is 1.37. The van der Waals surface area contributed by atoms with E-state index in [1.165, 1.54) is 0 Å². The molecule has 0 aliphatic rings. The number of hydrogen-bond donors (Lipinski definition) is 3. The minimum Gasteiger partial charge on any atom is -0.508 e. The maximum absolute atomic E-state index is 10.2. The predicted molar refractivity (Wildman–Crippen MR) is 127 cm³/mol. The number of hydrogen-bond acceptors (Lipinski definition) is 5. The summed E-state index contributed by atoms with van der Waals surface area (Å²) in [6.07, 6.45) is 0. The van der Waals surface area contributed by atoms with Gasteiger partial charge in [-0.3, -0.25) is 0 Å². The number of ether oxygens (including phenoxy) is 1. The molecule has 0 amide bonds. The first-order valence-electron chi connectivity index (χ1n) is 10.3. The monoisotopic (exact) mass is 427 g/mol. The van der Waals surface area contributed by atoms with Gasteiger partial charge in [0, 0.05) is 17.8 Å². The van der Waals surface area contributed by atoms with Crippen LogP contribution in [0.1, 0.15) is 16.7 Å². The van der Waals surface area contributed by atoms with E-state index in [2.05, 4.69) is 0 Å². The van der Waals surface area contributed by atoms with E-state index >= 15 is 0 Å². The normalized spacial score (nSPS) is 10.7. The highest BCUT2D eigenvalue weighted by Crippen LogP contribution is 2.39. The molecule has 5 heteroatoms. The number of phenolic OH excluding ortho intramolecular Hbond substituents is 3. The van der Waals surface area contributed by atoms with Gasteiger partial charge in [-0.2, -0.15) is 0 Å². The Morgan fingerprint density at radius 3 is 1.62 bits per heavy atom. The number of rotatable bonds is 5. The fourth-order valence-corrected chi connectivity index (χ4v) is 3.70. The van der Waals surface area contributed by atoms with Crippen LogP contribution in [-0.4, -0.2) is 15.3 Å². The Kier molecular flexibility index (Phi) is 5.65. The lowest BCUT2D eigenvalue weighted by molar-refractivity contribution is 0.411. The Morgan fingerprint density at radius 2 is 1.12 bits per heavy atom. The largest absolute Gasteiger partial charge is 0.508 e. The van der Waals surface area contributed by atoms with Crippen LogP contribution in [0.2, 0.25) is 0 Å². The van der Waals surface area contributed by atoms with E-state index in [0.29, 0.717) is 11.5 Å². The molecule has 0 heterocycles. The molecule has 162 valence electrons. The molecule has 0 saturated heterocycles. The van der Waals surface area contributed by atoms with Crippen LogP contribution in [0.25, 0.3) is 0 Å². The highest BCUT2D eigenvalue weighted by atomic mass is 16.5. The minimum atomic E-state index is 0.0844. The number of aryl methyl sites for hydroxylation is 3. The van der Waals surface area contributed by atoms with Gasteiger partial charge in [0.15, 0.2) is 11.5 Å². The van der Waals surface area contributed by atoms with Crippen molar-refractivity contribution in [3.63, 3.8) is 0 Å². The number of aromatic hydroxyl groups is 3. The van der Waals surface area contributed by atoms with Crippen LogP contribution in [-0.2, 0) is 0 Å². The van der Waals surface area contributed by atoms with Gasteiger partial charge in [0.05, 0.1) is 11.4 Å². The zero-order chi connectivity index (χ0) is 22.8. The quantitative estimate of drug-likeness (QED) is 0.320. The zero-order valence-corrected chi connectivity index (χ0v) is 18.2. The van der Waals surface area contributed by atoms with Gasteiger partial charge in [-0.15, -0.1) is 0 Å². The van der Waals surface area contributed by atoms with E-state index in [1.54, 1.807) is 36.4 Å². The van der Waals surface area contributed by atoms with Gasteiger partial charge in [0.25, 0.3) is 0 Å². The van der Waals surface area contributed by atoms with Crippen molar-refractivity contribution < 1.29 is 20.1 Å². The van der Waals surface area contributed by atoms with Gasteiger partial charge in [0.1, 0.15) is 17.2 Å². The highest BCUT2D eigenvalue weighted by molar-refractivity contribution is 5.78. The standard InChI is InChI=1S/C27H25NO4/c1-17-4-9-27(26(31)14-17)32-25-7-5-20(6-8-25)28(21-10-18(2)12-23(29)15-21)22-11-19(3)13-24(30)16-22/h4-16,29-31H,1-3H3. The van der Waals surface area contributed by atoms with Crippen molar-refractivity contribution in [3.05, 3.63) is 95.6 Å². The summed E-state index contributed by atoms with van der Waals surface area (Å²) in [7, 11) is 0. The Hall–Kier alpha value is -4.12. The van der Waals surface area contributed by atoms with Gasteiger partial charge in [-0.25, -0.2) is 0 Å². The van der Waals surface area contributed by atoms with Crippen molar-refractivity contribution >= 4 is 17.1 Å². The van der Waals surface area contributed by atoms with Gasteiger partial charge in [0.2, 0.25) is 0 Å². The van der Waals surface area contributed by atoms with Crippen molar-refractivity contribution in [1.29, 1.82) is 0 Å². The molecule has 0 spiro atoms. The molecule has 0 saturated carbocycles. The van der Waals surface area contributed by atoms with Crippen LogP contribution in [0, 0.1) is 20.8 Å². The first kappa shape index (κ1) is 21.1. The van der Waals surface area contributed by atoms with Crippen molar-refractivity contribution in [2.45, 2.75) is 20.8 Å². The summed E-state index contributed by atoms with van der Waals surface area (Å²) in [5.41, 5.74) is 5.12. The van der Waals surface area contributed by atoms with Gasteiger partial charge in [-0.05, 0) is 98.1 Å². The van der Waals surface area contributed by atoms with E-state index in [9.17, 15) is 15.3 Å². The lowest BCUT2D eigenvalue weighted by Crippen LogP contribution is -2.10. The minimum absolute atomic E-state index is 0.0844. The molecule has 5 nitrogen and oxygen atoms in total. The third-order valence-electron chi connectivity index (χ3n) is 5.05. The second kappa shape index (κ2) is 8.55. The highest BCUT2D eigenvalue weighted by Gasteiger charge is 2.15.